The maximum Gasteiger partial charge on any atom is 0.250 e. The molecule has 0 aliphatic rings. The van der Waals surface area contributed by atoms with Gasteiger partial charge in [0.15, 0.2) is 0 Å². The Kier molecular flexibility index (Phi) is 5.59. The number of carbonyl (C=O) groups excluding carboxylic acids is 1. The number of hydrogen-bond donors (Lipinski definition) is 3. The van der Waals surface area contributed by atoms with Crippen LogP contribution in [0.25, 0.3) is 17.0 Å². The van der Waals surface area contributed by atoms with Gasteiger partial charge in [-0.2, -0.15) is 0 Å². The minimum absolute atomic E-state index is 0.234. The Morgan fingerprint density at radius 2 is 2.14 bits per heavy atom. The molecule has 0 fully saturated rings. The molecule has 144 valence electrons. The molecule has 1 amide bonds. The van der Waals surface area contributed by atoms with Crippen molar-refractivity contribution in [3.05, 3.63) is 82.7 Å². The molecule has 0 aliphatic carbocycles. The fourth-order valence-electron chi connectivity index (χ4n) is 3.24. The van der Waals surface area contributed by atoms with Crippen LogP contribution >= 0.6 is 0 Å². The Morgan fingerprint density at radius 1 is 1.36 bits per heavy atom. The maximum absolute atomic E-state index is 14.0. The summed E-state index contributed by atoms with van der Waals surface area (Å²) in [5.74, 6) is -0.748. The Balaban J connectivity index is 1.64. The van der Waals surface area contributed by atoms with Gasteiger partial charge in [-0.3, -0.25) is 9.78 Å². The zero-order valence-electron chi connectivity index (χ0n) is 16.0. The van der Waals surface area contributed by atoms with E-state index in [0.29, 0.717) is 17.6 Å². The van der Waals surface area contributed by atoms with E-state index in [4.69, 9.17) is 5.73 Å². The first kappa shape index (κ1) is 19.4. The van der Waals surface area contributed by atoms with E-state index in [1.807, 2.05) is 26.0 Å². The second kappa shape index (κ2) is 8.08. The van der Waals surface area contributed by atoms with E-state index in [2.05, 4.69) is 21.9 Å². The number of nitrogens with two attached hydrogens (primary N) is 1. The highest BCUT2D eigenvalue weighted by molar-refractivity contribution is 5.93. The van der Waals surface area contributed by atoms with Crippen LogP contribution in [0.2, 0.25) is 0 Å². The van der Waals surface area contributed by atoms with Crippen LogP contribution in [0.15, 0.2) is 48.9 Å². The van der Waals surface area contributed by atoms with Gasteiger partial charge in [-0.15, -0.1) is 0 Å². The first-order valence-corrected chi connectivity index (χ1v) is 8.98. The number of nitrogens with one attached hydrogen (secondary N) is 2. The lowest BCUT2D eigenvalue weighted by Crippen LogP contribution is -2.15. The molecule has 0 aliphatic heterocycles. The third-order valence-corrected chi connectivity index (χ3v) is 4.68. The van der Waals surface area contributed by atoms with Gasteiger partial charge in [-0.25, -0.2) is 4.39 Å². The fourth-order valence-corrected chi connectivity index (χ4v) is 3.24. The van der Waals surface area contributed by atoms with E-state index in [-0.39, 0.29) is 5.82 Å². The zero-order valence-corrected chi connectivity index (χ0v) is 16.0. The molecule has 1 aromatic carbocycles. The highest BCUT2D eigenvalue weighted by atomic mass is 19.1. The summed E-state index contributed by atoms with van der Waals surface area (Å²) >= 11 is 0. The number of aromatic amines is 1. The lowest BCUT2D eigenvalue weighted by atomic mass is 10.0. The van der Waals surface area contributed by atoms with Gasteiger partial charge in [0.25, 0.3) is 0 Å². The number of amides is 1. The molecule has 0 radical (unpaired) electrons. The van der Waals surface area contributed by atoms with Gasteiger partial charge in [0.2, 0.25) is 5.91 Å². The number of pyridine rings is 1. The summed E-state index contributed by atoms with van der Waals surface area (Å²) in [5.41, 5.74) is 10.8. The average Bonchev–Trinajstić information content (AvgIpc) is 3.01. The molecular weight excluding hydrogens is 355 g/mol. The molecule has 6 heteroatoms. The molecule has 0 spiro atoms. The molecule has 28 heavy (non-hydrogen) atoms. The van der Waals surface area contributed by atoms with Gasteiger partial charge >= 0.3 is 0 Å². The summed E-state index contributed by atoms with van der Waals surface area (Å²) in [7, 11) is 0. The average molecular weight is 378 g/mol. The summed E-state index contributed by atoms with van der Waals surface area (Å²) in [5, 5.41) is 4.21. The van der Waals surface area contributed by atoms with Gasteiger partial charge in [-0.1, -0.05) is 18.7 Å². The highest BCUT2D eigenvalue weighted by Crippen LogP contribution is 2.27. The number of aryl methyl sites for hydroxylation is 2. The van der Waals surface area contributed by atoms with Crippen LogP contribution in [-0.4, -0.2) is 22.4 Å². The van der Waals surface area contributed by atoms with Crippen molar-refractivity contribution in [1.82, 2.24) is 15.3 Å². The smallest absolute Gasteiger partial charge is 0.250 e. The summed E-state index contributed by atoms with van der Waals surface area (Å²) in [4.78, 5) is 18.4. The molecule has 0 saturated heterocycles. The van der Waals surface area contributed by atoms with Gasteiger partial charge < -0.3 is 16.0 Å². The molecule has 5 nitrogen and oxygen atoms in total. The third-order valence-electron chi connectivity index (χ3n) is 4.68. The van der Waals surface area contributed by atoms with E-state index in [0.717, 1.165) is 39.9 Å². The van der Waals surface area contributed by atoms with E-state index in [1.165, 1.54) is 12.3 Å². The van der Waals surface area contributed by atoms with Crippen LogP contribution in [0, 0.1) is 19.7 Å². The molecule has 0 saturated carbocycles. The number of benzene rings is 1. The molecule has 3 rings (SSSR count). The third kappa shape index (κ3) is 4.11. The number of aromatic nitrogens is 2. The fraction of sp³-hybridized carbons (Fsp3) is 0.182. The van der Waals surface area contributed by atoms with Crippen molar-refractivity contribution in [2.75, 3.05) is 6.54 Å². The first-order chi connectivity index (χ1) is 13.4. The van der Waals surface area contributed by atoms with Gasteiger partial charge in [0.1, 0.15) is 5.82 Å². The molecule has 2 aromatic heterocycles. The molecular formula is C22H23FN4O. The second-order valence-electron chi connectivity index (χ2n) is 6.75. The van der Waals surface area contributed by atoms with Crippen molar-refractivity contribution >= 4 is 22.9 Å². The Labute approximate surface area is 163 Å². The van der Waals surface area contributed by atoms with Crippen molar-refractivity contribution in [1.29, 1.82) is 0 Å². The normalized spacial score (nSPS) is 11.2. The van der Waals surface area contributed by atoms with Gasteiger partial charge in [0.05, 0.1) is 11.1 Å². The van der Waals surface area contributed by atoms with Crippen molar-refractivity contribution in [3.8, 4) is 0 Å². The first-order valence-electron chi connectivity index (χ1n) is 8.98. The number of rotatable bonds is 7. The number of primary amides is 1. The minimum Gasteiger partial charge on any atom is -0.385 e. The maximum atomic E-state index is 14.0. The highest BCUT2D eigenvalue weighted by Gasteiger charge is 2.13. The predicted molar refractivity (Wildman–Crippen MR) is 110 cm³/mol. The van der Waals surface area contributed by atoms with Crippen molar-refractivity contribution in [3.63, 3.8) is 0 Å². The number of carbonyl (C=O) groups is 1. The van der Waals surface area contributed by atoms with Crippen LogP contribution in [0.4, 0.5) is 4.39 Å². The summed E-state index contributed by atoms with van der Waals surface area (Å²) in [6.07, 6.45) is 7.44. The zero-order chi connectivity index (χ0) is 20.3. The van der Waals surface area contributed by atoms with E-state index in [9.17, 15) is 9.18 Å². The second-order valence-corrected chi connectivity index (χ2v) is 6.75. The van der Waals surface area contributed by atoms with Crippen molar-refractivity contribution in [2.24, 2.45) is 5.73 Å². The molecule has 0 bridgehead atoms. The van der Waals surface area contributed by atoms with Crippen LogP contribution in [0.1, 0.15) is 32.7 Å². The standard InChI is InChI=1S/C22H23FN4O/c1-13-4-7-19(23)21-20(13)18(15(3)27-21)8-9-26-14(2)5-6-16-10-17(22(24)28)12-25-11-16/h4-7,10-12,26-27H,2,8-9H2,1,3H3,(H2,24,28)/b6-5+. The van der Waals surface area contributed by atoms with Crippen molar-refractivity contribution < 1.29 is 9.18 Å². The number of H-pyrrole nitrogens is 1. The predicted octanol–water partition coefficient (Wildman–Crippen LogP) is 3.78. The molecule has 4 N–H and O–H groups in total. The Morgan fingerprint density at radius 3 is 2.89 bits per heavy atom. The summed E-state index contributed by atoms with van der Waals surface area (Å²) in [6, 6.07) is 4.97. The Hall–Kier alpha value is -3.41. The van der Waals surface area contributed by atoms with Gasteiger partial charge in [0, 0.05) is 35.7 Å². The van der Waals surface area contributed by atoms with E-state index >= 15 is 0 Å². The lowest BCUT2D eigenvalue weighted by molar-refractivity contribution is 0.1000. The molecule has 3 aromatic rings. The molecule has 0 unspecified atom stereocenters. The quantitative estimate of drug-likeness (QED) is 0.547. The van der Waals surface area contributed by atoms with E-state index in [1.54, 1.807) is 18.3 Å². The number of hydrogen-bond acceptors (Lipinski definition) is 3. The number of allylic oxidation sites excluding steroid dienone is 1. The number of halogens is 1. The largest absolute Gasteiger partial charge is 0.385 e. The molecule has 0 atom stereocenters. The van der Waals surface area contributed by atoms with Gasteiger partial charge in [-0.05, 0) is 55.2 Å². The summed E-state index contributed by atoms with van der Waals surface area (Å²) < 4.78 is 14.0. The lowest BCUT2D eigenvalue weighted by Gasteiger charge is -2.08. The van der Waals surface area contributed by atoms with Crippen LogP contribution < -0.4 is 11.1 Å². The summed E-state index contributed by atoms with van der Waals surface area (Å²) in [6.45, 7) is 8.59. The van der Waals surface area contributed by atoms with Crippen LogP contribution in [-0.2, 0) is 6.42 Å². The van der Waals surface area contributed by atoms with Crippen LogP contribution in [0.5, 0.6) is 0 Å². The monoisotopic (exact) mass is 378 g/mol. The topological polar surface area (TPSA) is 83.8 Å². The minimum atomic E-state index is -0.513. The molecule has 2 heterocycles. The number of fused-ring (bicyclic) bond motifs is 1. The van der Waals surface area contributed by atoms with Crippen molar-refractivity contribution in [2.45, 2.75) is 20.3 Å². The van der Waals surface area contributed by atoms with Crippen LogP contribution in [0.3, 0.4) is 0 Å². The van der Waals surface area contributed by atoms with E-state index < -0.39 is 5.91 Å². The SMILES string of the molecule is C=C(/C=C/c1cncc(C(N)=O)c1)NCCc1c(C)[nH]c2c(F)ccc(C)c12. The number of nitrogens with zero attached hydrogens (tertiary/aromatic N) is 1. The Bertz CT molecular complexity index is 1080.